The van der Waals surface area contributed by atoms with Crippen LogP contribution in [0.3, 0.4) is 0 Å². The van der Waals surface area contributed by atoms with Gasteiger partial charge in [0.25, 0.3) is 0 Å². The lowest BCUT2D eigenvalue weighted by molar-refractivity contribution is -1.06. The second-order valence-corrected chi connectivity index (χ2v) is 2.60. The van der Waals surface area contributed by atoms with Crippen LogP contribution in [0.5, 0.6) is 0 Å². The van der Waals surface area contributed by atoms with Gasteiger partial charge in [0.05, 0.1) is 21.1 Å². The highest BCUT2D eigenvalue weighted by Crippen LogP contribution is 1.72. The second kappa shape index (κ2) is 9.39. The van der Waals surface area contributed by atoms with Crippen LogP contribution in [0.2, 0.25) is 0 Å². The van der Waals surface area contributed by atoms with Gasteiger partial charge in [-0.3, -0.25) is 5.21 Å². The van der Waals surface area contributed by atoms with Crippen molar-refractivity contribution in [1.29, 1.82) is 0 Å². The zero-order valence-corrected chi connectivity index (χ0v) is 8.50. The molecule has 0 heterocycles. The van der Waals surface area contributed by atoms with E-state index < -0.39 is 0 Å². The summed E-state index contributed by atoms with van der Waals surface area (Å²) in [6.45, 7) is 7.03. The molecule has 4 heteroatoms. The standard InChI is InChI=1S/C3H10NO.C2H6NO.C2H6/c1-4(2,3)5;1-3(2)4;1-2/h5H,1-3H3;4H,1H2,2H3;1-2H3/q2*+1;. The van der Waals surface area contributed by atoms with E-state index in [-0.39, 0.29) is 4.65 Å². The zero-order valence-electron chi connectivity index (χ0n) is 8.50. The first-order chi connectivity index (χ1) is 4.73. The summed E-state index contributed by atoms with van der Waals surface area (Å²) >= 11 is 0. The molecule has 0 amide bonds. The lowest BCUT2D eigenvalue weighted by atomic mass is 11.0. The Kier molecular flexibility index (Phi) is 14.3. The molecule has 0 bridgehead atoms. The van der Waals surface area contributed by atoms with Crippen molar-refractivity contribution in [3.05, 3.63) is 0 Å². The van der Waals surface area contributed by atoms with Gasteiger partial charge in [0.2, 0.25) is 0 Å². The minimum atomic E-state index is 0. The third-order valence-corrected chi connectivity index (χ3v) is 0. The molecule has 70 valence electrons. The molecular weight excluding hydrogens is 144 g/mol. The van der Waals surface area contributed by atoms with Crippen LogP contribution in [-0.4, -0.2) is 54.7 Å². The molecule has 0 fully saturated rings. The van der Waals surface area contributed by atoms with Gasteiger partial charge in [-0.2, -0.15) is 4.65 Å². The highest BCUT2D eigenvalue weighted by Gasteiger charge is 1.92. The average molecular weight is 166 g/mol. The van der Waals surface area contributed by atoms with Gasteiger partial charge in [-0.25, -0.2) is 5.21 Å². The Morgan fingerprint density at radius 1 is 1.18 bits per heavy atom. The highest BCUT2D eigenvalue weighted by molar-refractivity contribution is 5.13. The molecule has 0 saturated carbocycles. The van der Waals surface area contributed by atoms with Crippen molar-refractivity contribution in [2.75, 3.05) is 28.2 Å². The van der Waals surface area contributed by atoms with Crippen LogP contribution in [0.1, 0.15) is 13.8 Å². The lowest BCUT2D eigenvalue weighted by Crippen LogP contribution is -2.28. The Morgan fingerprint density at radius 3 is 1.18 bits per heavy atom. The molecule has 0 saturated heterocycles. The van der Waals surface area contributed by atoms with E-state index in [1.165, 1.54) is 7.05 Å². The first-order valence-corrected chi connectivity index (χ1v) is 3.51. The molecule has 0 radical (unpaired) electrons. The quantitative estimate of drug-likeness (QED) is 0.184. The molecule has 0 aliphatic rings. The molecule has 4 nitrogen and oxygen atoms in total. The molecule has 0 spiro atoms. The maximum absolute atomic E-state index is 8.46. The van der Waals surface area contributed by atoms with Gasteiger partial charge in [-0.05, 0) is 4.74 Å². The predicted molar refractivity (Wildman–Crippen MR) is 46.3 cm³/mol. The Morgan fingerprint density at radius 2 is 1.18 bits per heavy atom. The molecule has 0 aliphatic carbocycles. The van der Waals surface area contributed by atoms with E-state index >= 15 is 0 Å². The van der Waals surface area contributed by atoms with Crippen LogP contribution in [0.4, 0.5) is 0 Å². The summed E-state index contributed by atoms with van der Waals surface area (Å²) in [6.07, 6.45) is 0. The van der Waals surface area contributed by atoms with E-state index in [4.69, 9.17) is 10.4 Å². The summed E-state index contributed by atoms with van der Waals surface area (Å²) in [4.78, 5) is 0. The molecule has 0 rings (SSSR count). The number of quaternary nitrogens is 1. The fourth-order valence-electron chi connectivity index (χ4n) is 0. The molecule has 11 heavy (non-hydrogen) atoms. The van der Waals surface area contributed by atoms with E-state index in [0.29, 0.717) is 0 Å². The van der Waals surface area contributed by atoms with Crippen LogP contribution < -0.4 is 0 Å². The molecule has 0 atom stereocenters. The summed E-state index contributed by atoms with van der Waals surface area (Å²) in [6, 6.07) is 0. The molecule has 0 unspecified atom stereocenters. The van der Waals surface area contributed by atoms with Crippen molar-refractivity contribution in [3.63, 3.8) is 0 Å². The van der Waals surface area contributed by atoms with E-state index in [2.05, 4.69) is 6.72 Å². The number of nitrogens with zero attached hydrogens (tertiary/aromatic N) is 2. The van der Waals surface area contributed by atoms with Gasteiger partial charge >= 0.3 is 0 Å². The number of hydrogen-bond donors (Lipinski definition) is 2. The maximum atomic E-state index is 8.46. The van der Waals surface area contributed by atoms with E-state index in [1.54, 1.807) is 21.1 Å². The minimum Gasteiger partial charge on any atom is -0.292 e. The number of hydroxylamine groups is 4. The molecular formula is C7H22N2O2+2. The zero-order chi connectivity index (χ0) is 10.1. The fourth-order valence-corrected chi connectivity index (χ4v) is 0. The molecule has 0 aliphatic heterocycles. The van der Waals surface area contributed by atoms with Crippen LogP contribution >= 0.6 is 0 Å². The van der Waals surface area contributed by atoms with Crippen molar-refractivity contribution in [1.82, 2.24) is 0 Å². The third kappa shape index (κ3) is 1380. The topological polar surface area (TPSA) is 43.5 Å². The van der Waals surface area contributed by atoms with Gasteiger partial charge in [0.1, 0.15) is 0 Å². The normalized spacial score (nSPS) is 8.27. The highest BCUT2D eigenvalue weighted by atomic mass is 16.5. The molecule has 2 N–H and O–H groups in total. The van der Waals surface area contributed by atoms with E-state index in [9.17, 15) is 0 Å². The van der Waals surface area contributed by atoms with Crippen molar-refractivity contribution >= 4 is 6.72 Å². The van der Waals surface area contributed by atoms with Gasteiger partial charge in [-0.1, -0.05) is 13.8 Å². The fraction of sp³-hybridized carbons (Fsp3) is 0.857. The van der Waals surface area contributed by atoms with E-state index in [1.807, 2.05) is 13.8 Å². The van der Waals surface area contributed by atoms with Crippen molar-refractivity contribution in [2.24, 2.45) is 0 Å². The first-order valence-electron chi connectivity index (χ1n) is 3.51. The first kappa shape index (κ1) is 16.8. The summed E-state index contributed by atoms with van der Waals surface area (Å²) in [5, 5.41) is 16.2. The van der Waals surface area contributed by atoms with Gasteiger partial charge < -0.3 is 0 Å². The Balaban J connectivity index is -0.0000000965. The van der Waals surface area contributed by atoms with Crippen molar-refractivity contribution < 1.29 is 19.8 Å². The van der Waals surface area contributed by atoms with E-state index in [0.717, 1.165) is 4.74 Å². The van der Waals surface area contributed by atoms with Gasteiger partial charge in [0.15, 0.2) is 13.8 Å². The van der Waals surface area contributed by atoms with Crippen molar-refractivity contribution in [3.8, 4) is 0 Å². The molecule has 0 aromatic heterocycles. The van der Waals surface area contributed by atoms with Crippen LogP contribution in [-0.2, 0) is 0 Å². The van der Waals surface area contributed by atoms with Crippen molar-refractivity contribution in [2.45, 2.75) is 13.8 Å². The summed E-state index contributed by atoms with van der Waals surface area (Å²) < 4.78 is 0.750. The monoisotopic (exact) mass is 166 g/mol. The summed E-state index contributed by atoms with van der Waals surface area (Å²) in [5.74, 6) is 0. The maximum Gasteiger partial charge on any atom is 0.182 e. The van der Waals surface area contributed by atoms with Gasteiger partial charge in [0, 0.05) is 0 Å². The average Bonchev–Trinajstić information content (AvgIpc) is 1.63. The largest absolute Gasteiger partial charge is 0.292 e. The SMILES string of the molecule is C=[N+](C)O.CC.C[N+](C)(C)O. The molecule has 0 aromatic carbocycles. The summed E-state index contributed by atoms with van der Waals surface area (Å²) in [7, 11) is 6.49. The summed E-state index contributed by atoms with van der Waals surface area (Å²) in [5.41, 5.74) is 0. The number of hydrogen-bond acceptors (Lipinski definition) is 2. The third-order valence-electron chi connectivity index (χ3n) is 0. The smallest absolute Gasteiger partial charge is 0.182 e. The Labute approximate surface area is 69.5 Å². The van der Waals surface area contributed by atoms with Crippen LogP contribution in [0.15, 0.2) is 0 Å². The van der Waals surface area contributed by atoms with Crippen LogP contribution in [0, 0.1) is 0 Å². The second-order valence-electron chi connectivity index (χ2n) is 2.60. The number of rotatable bonds is 0. The Bertz CT molecular complexity index is 76.9. The predicted octanol–water partition coefficient (Wildman–Crippen LogP) is 0.826. The Hall–Kier alpha value is -0.610. The van der Waals surface area contributed by atoms with Crippen LogP contribution in [0.25, 0.3) is 0 Å². The molecule has 0 aromatic rings. The lowest BCUT2D eigenvalue weighted by Gasteiger charge is -2.09. The van der Waals surface area contributed by atoms with Gasteiger partial charge in [-0.15, -0.1) is 0 Å². The minimum absolute atomic E-state index is 0.